The van der Waals surface area contributed by atoms with Gasteiger partial charge in [0.25, 0.3) is 0 Å². The van der Waals surface area contributed by atoms with Crippen molar-refractivity contribution in [3.05, 3.63) is 33.3 Å². The van der Waals surface area contributed by atoms with Crippen molar-refractivity contribution in [2.75, 3.05) is 0 Å². The molecule has 0 amide bonds. The molecule has 2 aliphatic carbocycles. The Morgan fingerprint density at radius 3 is 2.41 bits per heavy atom. The monoisotopic (exact) mass is 313 g/mol. The van der Waals surface area contributed by atoms with Crippen LogP contribution in [0.5, 0.6) is 0 Å². The van der Waals surface area contributed by atoms with Crippen LogP contribution in [0.25, 0.3) is 0 Å². The number of nitrogens with one attached hydrogen (secondary N) is 1. The van der Waals surface area contributed by atoms with Crippen LogP contribution in [-0.4, -0.2) is 6.04 Å². The first-order valence-electron chi connectivity index (χ1n) is 6.41. The van der Waals surface area contributed by atoms with Crippen molar-refractivity contribution in [3.63, 3.8) is 0 Å². The minimum Gasteiger partial charge on any atom is -0.309 e. The molecular weight excluding hydrogens is 298 g/mol. The maximum absolute atomic E-state index is 6.10. The molecule has 0 bridgehead atoms. The number of benzene rings is 1. The molecule has 3 rings (SSSR count). The second-order valence-electron chi connectivity index (χ2n) is 5.33. The van der Waals surface area contributed by atoms with Gasteiger partial charge in [-0.25, -0.2) is 0 Å². The quantitative estimate of drug-likeness (QED) is 0.850. The molecule has 1 nitrogen and oxygen atoms in total. The largest absolute Gasteiger partial charge is 0.309 e. The zero-order valence-electron chi connectivity index (χ0n) is 9.76. The third kappa shape index (κ3) is 3.04. The first kappa shape index (κ1) is 12.0. The van der Waals surface area contributed by atoms with Crippen LogP contribution < -0.4 is 5.32 Å². The first-order valence-corrected chi connectivity index (χ1v) is 7.58. The Labute approximate surface area is 116 Å². The van der Waals surface area contributed by atoms with E-state index in [-0.39, 0.29) is 0 Å². The van der Waals surface area contributed by atoms with Crippen molar-refractivity contribution in [3.8, 4) is 0 Å². The molecule has 0 aliphatic heterocycles. The molecule has 0 atom stereocenters. The van der Waals surface area contributed by atoms with Crippen molar-refractivity contribution >= 4 is 27.5 Å². The van der Waals surface area contributed by atoms with Gasteiger partial charge in [-0.15, -0.1) is 0 Å². The summed E-state index contributed by atoms with van der Waals surface area (Å²) < 4.78 is 0.976. The molecule has 2 aliphatic rings. The van der Waals surface area contributed by atoms with Crippen LogP contribution in [0.4, 0.5) is 0 Å². The normalized spacial score (nSPS) is 19.9. The van der Waals surface area contributed by atoms with Gasteiger partial charge in [-0.1, -0.05) is 17.7 Å². The maximum Gasteiger partial charge on any atom is 0.0551 e. The van der Waals surface area contributed by atoms with Gasteiger partial charge in [-0.2, -0.15) is 0 Å². The first-order chi connectivity index (χ1) is 8.24. The summed E-state index contributed by atoms with van der Waals surface area (Å²) in [6.45, 7) is 0.949. The summed E-state index contributed by atoms with van der Waals surface area (Å²) in [4.78, 5) is 0. The molecule has 1 aromatic rings. The van der Waals surface area contributed by atoms with Crippen molar-refractivity contribution in [1.29, 1.82) is 0 Å². The molecule has 0 saturated heterocycles. The van der Waals surface area contributed by atoms with Crippen LogP contribution in [0.1, 0.15) is 31.2 Å². The fraction of sp³-hybridized carbons (Fsp3) is 0.571. The third-order valence-electron chi connectivity index (χ3n) is 3.79. The van der Waals surface area contributed by atoms with Crippen LogP contribution in [0.15, 0.2) is 22.7 Å². The third-order valence-corrected chi connectivity index (χ3v) is 5.02. The van der Waals surface area contributed by atoms with Crippen LogP contribution in [0.2, 0.25) is 5.02 Å². The smallest absolute Gasteiger partial charge is 0.0551 e. The second kappa shape index (κ2) is 4.91. The molecule has 3 heteroatoms. The van der Waals surface area contributed by atoms with Crippen molar-refractivity contribution < 1.29 is 0 Å². The average Bonchev–Trinajstić information content (AvgIpc) is 3.14. The van der Waals surface area contributed by atoms with Crippen molar-refractivity contribution in [2.45, 2.75) is 38.3 Å². The van der Waals surface area contributed by atoms with Crippen LogP contribution in [0.3, 0.4) is 0 Å². The van der Waals surface area contributed by atoms with Gasteiger partial charge in [-0.3, -0.25) is 0 Å². The average molecular weight is 315 g/mol. The molecule has 17 heavy (non-hydrogen) atoms. The molecule has 0 aromatic heterocycles. The van der Waals surface area contributed by atoms with E-state index in [1.54, 1.807) is 0 Å². The predicted octanol–water partition coefficient (Wildman–Crippen LogP) is 4.38. The lowest BCUT2D eigenvalue weighted by Crippen LogP contribution is -2.32. The van der Waals surface area contributed by atoms with Gasteiger partial charge in [0.05, 0.1) is 5.02 Å². The van der Waals surface area contributed by atoms with E-state index in [2.05, 4.69) is 33.4 Å². The molecule has 1 aromatic carbocycles. The fourth-order valence-electron chi connectivity index (χ4n) is 2.51. The summed E-state index contributed by atoms with van der Waals surface area (Å²) in [5.74, 6) is 1.90. The van der Waals surface area contributed by atoms with Gasteiger partial charge in [-0.05, 0) is 71.1 Å². The molecule has 92 valence electrons. The van der Waals surface area contributed by atoms with E-state index in [0.29, 0.717) is 0 Å². The Morgan fingerprint density at radius 2 is 1.88 bits per heavy atom. The standard InChI is InChI=1S/C14H17BrClN/c15-12-6-1-9(7-13(12)16)8-17-14(10-2-3-10)11-4-5-11/h1,6-7,10-11,14,17H,2-5,8H2. The predicted molar refractivity (Wildman–Crippen MR) is 75.2 cm³/mol. The van der Waals surface area contributed by atoms with E-state index >= 15 is 0 Å². The summed E-state index contributed by atoms with van der Waals surface area (Å²) >= 11 is 9.53. The van der Waals surface area contributed by atoms with Gasteiger partial charge < -0.3 is 5.32 Å². The minimum atomic E-state index is 0.762. The van der Waals surface area contributed by atoms with Gasteiger partial charge in [0.1, 0.15) is 0 Å². The fourth-order valence-corrected chi connectivity index (χ4v) is 2.96. The zero-order valence-corrected chi connectivity index (χ0v) is 12.1. The summed E-state index contributed by atoms with van der Waals surface area (Å²) in [7, 11) is 0. The number of rotatable bonds is 5. The number of hydrogen-bond acceptors (Lipinski definition) is 1. The summed E-state index contributed by atoms with van der Waals surface area (Å²) in [6.07, 6.45) is 5.70. The van der Waals surface area contributed by atoms with Gasteiger partial charge in [0.2, 0.25) is 0 Å². The Bertz CT molecular complexity index is 401. The number of halogens is 2. The molecule has 2 saturated carbocycles. The highest BCUT2D eigenvalue weighted by molar-refractivity contribution is 9.10. The van der Waals surface area contributed by atoms with Gasteiger partial charge >= 0.3 is 0 Å². The number of hydrogen-bond donors (Lipinski definition) is 1. The van der Waals surface area contributed by atoms with E-state index in [1.807, 2.05) is 6.07 Å². The van der Waals surface area contributed by atoms with E-state index < -0.39 is 0 Å². The Kier molecular flexibility index (Phi) is 3.47. The Hall–Kier alpha value is -0.0500. The maximum atomic E-state index is 6.10. The second-order valence-corrected chi connectivity index (χ2v) is 6.59. The lowest BCUT2D eigenvalue weighted by atomic mass is 10.1. The highest BCUT2D eigenvalue weighted by Crippen LogP contribution is 2.44. The Morgan fingerprint density at radius 1 is 1.24 bits per heavy atom. The molecule has 0 unspecified atom stereocenters. The van der Waals surface area contributed by atoms with Gasteiger partial charge in [0, 0.05) is 17.1 Å². The minimum absolute atomic E-state index is 0.762. The van der Waals surface area contributed by atoms with E-state index in [9.17, 15) is 0 Å². The summed E-state index contributed by atoms with van der Waals surface area (Å²) in [6, 6.07) is 6.98. The van der Waals surface area contributed by atoms with Crippen LogP contribution >= 0.6 is 27.5 Å². The molecule has 0 heterocycles. The van der Waals surface area contributed by atoms with Crippen molar-refractivity contribution in [1.82, 2.24) is 5.32 Å². The summed E-state index contributed by atoms with van der Waals surface area (Å²) in [5.41, 5.74) is 1.28. The highest BCUT2D eigenvalue weighted by atomic mass is 79.9. The molecule has 0 radical (unpaired) electrons. The molecular formula is C14H17BrClN. The molecule has 1 N–H and O–H groups in total. The van der Waals surface area contributed by atoms with Crippen LogP contribution in [-0.2, 0) is 6.54 Å². The van der Waals surface area contributed by atoms with E-state index in [1.165, 1.54) is 31.2 Å². The lowest BCUT2D eigenvalue weighted by Gasteiger charge is -2.17. The topological polar surface area (TPSA) is 12.0 Å². The molecule has 2 fully saturated rings. The SMILES string of the molecule is Clc1cc(CNC(C2CC2)C2CC2)ccc1Br. The zero-order chi connectivity index (χ0) is 11.8. The summed E-state index contributed by atoms with van der Waals surface area (Å²) in [5, 5.41) is 4.54. The lowest BCUT2D eigenvalue weighted by molar-refractivity contribution is 0.416. The van der Waals surface area contributed by atoms with Crippen LogP contribution in [0, 0.1) is 11.8 Å². The van der Waals surface area contributed by atoms with Gasteiger partial charge in [0.15, 0.2) is 0 Å². The van der Waals surface area contributed by atoms with Crippen molar-refractivity contribution in [2.24, 2.45) is 11.8 Å². The van der Waals surface area contributed by atoms with E-state index in [4.69, 9.17) is 11.6 Å². The highest BCUT2D eigenvalue weighted by Gasteiger charge is 2.40. The Balaban J connectivity index is 1.60. The molecule has 0 spiro atoms. The van der Waals surface area contributed by atoms with E-state index in [0.717, 1.165) is 33.9 Å².